The van der Waals surface area contributed by atoms with Crippen LogP contribution in [0, 0.1) is 6.92 Å². The van der Waals surface area contributed by atoms with E-state index in [9.17, 15) is 5.11 Å². The Hall–Kier alpha value is -3.02. The van der Waals surface area contributed by atoms with Crippen molar-refractivity contribution < 1.29 is 5.11 Å². The van der Waals surface area contributed by atoms with Crippen molar-refractivity contribution in [2.45, 2.75) is 26.8 Å². The molecule has 25 heavy (non-hydrogen) atoms. The minimum atomic E-state index is 0.186. The van der Waals surface area contributed by atoms with Crippen LogP contribution >= 0.6 is 0 Å². The molecule has 0 saturated heterocycles. The van der Waals surface area contributed by atoms with Crippen LogP contribution in [0.4, 0.5) is 5.69 Å². The number of anilines is 1. The van der Waals surface area contributed by atoms with Crippen LogP contribution in [0.5, 0.6) is 5.88 Å². The molecule has 4 rings (SSSR count). The SMILES string of the molecule is CCCn1cc2nc3c(-c4cc(C)nn4C)cccc3c(N)c2c1O. The van der Waals surface area contributed by atoms with E-state index in [0.717, 1.165) is 40.8 Å². The summed E-state index contributed by atoms with van der Waals surface area (Å²) in [5, 5.41) is 16.4. The van der Waals surface area contributed by atoms with Crippen LogP contribution in [-0.4, -0.2) is 24.4 Å². The van der Waals surface area contributed by atoms with E-state index in [1.54, 1.807) is 4.57 Å². The van der Waals surface area contributed by atoms with Crippen LogP contribution in [0.15, 0.2) is 30.5 Å². The maximum absolute atomic E-state index is 10.5. The molecule has 3 aromatic heterocycles. The molecular weight excluding hydrogens is 314 g/mol. The number of fused-ring (bicyclic) bond motifs is 2. The van der Waals surface area contributed by atoms with Gasteiger partial charge in [-0.3, -0.25) is 4.68 Å². The number of hydrogen-bond acceptors (Lipinski definition) is 4. The standard InChI is InChI=1S/C19H21N5O/c1-4-8-24-10-14-16(19(24)25)17(20)13-7-5-6-12(18(13)21-14)15-9-11(2)22-23(15)3/h5-7,9-10,25H,4,8,20H2,1-3H3. The average Bonchev–Trinajstić information content (AvgIpc) is 3.07. The summed E-state index contributed by atoms with van der Waals surface area (Å²) < 4.78 is 3.66. The van der Waals surface area contributed by atoms with E-state index in [1.165, 1.54) is 0 Å². The third kappa shape index (κ3) is 2.25. The van der Waals surface area contributed by atoms with Gasteiger partial charge < -0.3 is 15.4 Å². The monoisotopic (exact) mass is 335 g/mol. The lowest BCUT2D eigenvalue weighted by Gasteiger charge is -2.09. The van der Waals surface area contributed by atoms with E-state index in [1.807, 2.05) is 49.1 Å². The second-order valence-electron chi connectivity index (χ2n) is 6.43. The van der Waals surface area contributed by atoms with Crippen molar-refractivity contribution in [3.8, 4) is 17.1 Å². The van der Waals surface area contributed by atoms with Gasteiger partial charge >= 0.3 is 0 Å². The van der Waals surface area contributed by atoms with Gasteiger partial charge in [0.15, 0.2) is 0 Å². The van der Waals surface area contributed by atoms with Gasteiger partial charge in [-0.1, -0.05) is 25.1 Å². The Kier molecular flexibility index (Phi) is 3.42. The Morgan fingerprint density at radius 3 is 2.76 bits per heavy atom. The van der Waals surface area contributed by atoms with E-state index >= 15 is 0 Å². The van der Waals surface area contributed by atoms with E-state index < -0.39 is 0 Å². The number of aromatic hydroxyl groups is 1. The van der Waals surface area contributed by atoms with Gasteiger partial charge in [0.2, 0.25) is 5.88 Å². The fourth-order valence-electron chi connectivity index (χ4n) is 3.49. The van der Waals surface area contributed by atoms with Crippen LogP contribution in [0.25, 0.3) is 33.1 Å². The molecule has 4 aromatic rings. The van der Waals surface area contributed by atoms with Crippen LogP contribution in [0.2, 0.25) is 0 Å². The highest BCUT2D eigenvalue weighted by atomic mass is 16.3. The lowest BCUT2D eigenvalue weighted by molar-refractivity contribution is 0.421. The van der Waals surface area contributed by atoms with Gasteiger partial charge in [-0.05, 0) is 19.4 Å². The molecule has 1 aromatic carbocycles. The molecule has 3 heterocycles. The zero-order valence-corrected chi connectivity index (χ0v) is 14.6. The van der Waals surface area contributed by atoms with E-state index in [0.29, 0.717) is 16.6 Å². The first kappa shape index (κ1) is 15.5. The molecule has 6 nitrogen and oxygen atoms in total. The number of pyridine rings is 1. The van der Waals surface area contributed by atoms with Gasteiger partial charge in [0, 0.05) is 30.7 Å². The quantitative estimate of drug-likeness (QED) is 0.599. The number of aryl methyl sites for hydroxylation is 3. The predicted octanol–water partition coefficient (Wildman–Crippen LogP) is 3.60. The van der Waals surface area contributed by atoms with Crippen molar-refractivity contribution in [1.82, 2.24) is 19.3 Å². The number of nitrogen functional groups attached to an aromatic ring is 1. The molecule has 6 heteroatoms. The molecule has 0 aliphatic heterocycles. The third-order valence-electron chi connectivity index (χ3n) is 4.60. The van der Waals surface area contributed by atoms with E-state index in [2.05, 4.69) is 12.0 Å². The first-order valence-corrected chi connectivity index (χ1v) is 8.42. The topological polar surface area (TPSA) is 81.9 Å². The summed E-state index contributed by atoms with van der Waals surface area (Å²) in [5.74, 6) is 0.186. The molecule has 0 fully saturated rings. The van der Waals surface area contributed by atoms with Gasteiger partial charge in [0.25, 0.3) is 0 Å². The van der Waals surface area contributed by atoms with Crippen LogP contribution in [-0.2, 0) is 13.6 Å². The number of hydrogen-bond donors (Lipinski definition) is 2. The first-order valence-electron chi connectivity index (χ1n) is 8.42. The molecule has 3 N–H and O–H groups in total. The summed E-state index contributed by atoms with van der Waals surface area (Å²) in [5.41, 5.74) is 11.4. The maximum Gasteiger partial charge on any atom is 0.202 e. The van der Waals surface area contributed by atoms with Crippen LogP contribution < -0.4 is 5.73 Å². The molecule has 0 spiro atoms. The zero-order chi connectivity index (χ0) is 17.7. The molecule has 0 aliphatic carbocycles. The van der Waals surface area contributed by atoms with Crippen molar-refractivity contribution in [2.24, 2.45) is 7.05 Å². The Balaban J connectivity index is 2.08. The van der Waals surface area contributed by atoms with Gasteiger partial charge in [-0.25, -0.2) is 4.98 Å². The number of nitrogens with two attached hydrogens (primary N) is 1. The molecule has 0 saturated carbocycles. The molecule has 0 unspecified atom stereocenters. The minimum Gasteiger partial charge on any atom is -0.494 e. The highest BCUT2D eigenvalue weighted by molar-refractivity contribution is 6.12. The number of benzene rings is 1. The van der Waals surface area contributed by atoms with E-state index in [-0.39, 0.29) is 5.88 Å². The van der Waals surface area contributed by atoms with Gasteiger partial charge in [-0.15, -0.1) is 0 Å². The molecule has 0 radical (unpaired) electrons. The Morgan fingerprint density at radius 1 is 1.28 bits per heavy atom. The van der Waals surface area contributed by atoms with Crippen LogP contribution in [0.1, 0.15) is 19.0 Å². The molecule has 128 valence electrons. The number of rotatable bonds is 3. The molecule has 0 bridgehead atoms. The van der Waals surface area contributed by atoms with Crippen molar-refractivity contribution in [1.29, 1.82) is 0 Å². The highest BCUT2D eigenvalue weighted by Crippen LogP contribution is 2.38. The lowest BCUT2D eigenvalue weighted by atomic mass is 10.0. The van der Waals surface area contributed by atoms with Gasteiger partial charge in [0.05, 0.1) is 33.5 Å². The molecule has 0 aliphatic rings. The first-order chi connectivity index (χ1) is 12.0. The fourth-order valence-corrected chi connectivity index (χ4v) is 3.49. The van der Waals surface area contributed by atoms with Gasteiger partial charge in [0.1, 0.15) is 0 Å². The average molecular weight is 335 g/mol. The van der Waals surface area contributed by atoms with Crippen molar-refractivity contribution in [3.05, 3.63) is 36.2 Å². The highest BCUT2D eigenvalue weighted by Gasteiger charge is 2.18. The number of aromatic nitrogens is 4. The second-order valence-corrected chi connectivity index (χ2v) is 6.43. The summed E-state index contributed by atoms with van der Waals surface area (Å²) in [7, 11) is 1.92. The normalized spacial score (nSPS) is 11.6. The Morgan fingerprint density at radius 2 is 2.08 bits per heavy atom. The largest absolute Gasteiger partial charge is 0.494 e. The smallest absolute Gasteiger partial charge is 0.202 e. The summed E-state index contributed by atoms with van der Waals surface area (Å²) in [6.07, 6.45) is 2.79. The van der Waals surface area contributed by atoms with Crippen molar-refractivity contribution >= 4 is 27.5 Å². The predicted molar refractivity (Wildman–Crippen MR) is 101 cm³/mol. The zero-order valence-electron chi connectivity index (χ0n) is 14.6. The Labute approximate surface area is 145 Å². The second kappa shape index (κ2) is 5.51. The summed E-state index contributed by atoms with van der Waals surface area (Å²) in [6, 6.07) is 7.97. The fraction of sp³-hybridized carbons (Fsp3) is 0.263. The van der Waals surface area contributed by atoms with E-state index in [4.69, 9.17) is 10.7 Å². The summed E-state index contributed by atoms with van der Waals surface area (Å²) in [6.45, 7) is 4.77. The molecule has 0 atom stereocenters. The Bertz CT molecular complexity index is 1110. The minimum absolute atomic E-state index is 0.186. The van der Waals surface area contributed by atoms with Gasteiger partial charge in [-0.2, -0.15) is 5.10 Å². The third-order valence-corrected chi connectivity index (χ3v) is 4.60. The van der Waals surface area contributed by atoms with Crippen molar-refractivity contribution in [3.63, 3.8) is 0 Å². The number of nitrogens with zero attached hydrogens (tertiary/aromatic N) is 4. The molecule has 0 amide bonds. The molecular formula is C19H21N5O. The summed E-state index contributed by atoms with van der Waals surface area (Å²) >= 11 is 0. The number of para-hydroxylation sites is 1. The van der Waals surface area contributed by atoms with Crippen LogP contribution in [0.3, 0.4) is 0 Å². The van der Waals surface area contributed by atoms with Crippen molar-refractivity contribution in [2.75, 3.05) is 5.73 Å². The maximum atomic E-state index is 10.5. The lowest BCUT2D eigenvalue weighted by Crippen LogP contribution is -1.97. The summed E-state index contributed by atoms with van der Waals surface area (Å²) in [4.78, 5) is 4.83.